The lowest BCUT2D eigenvalue weighted by Crippen LogP contribution is -2.39. The largest absolute Gasteiger partial charge is 0.381 e. The number of benzene rings is 1. The van der Waals surface area contributed by atoms with Gasteiger partial charge in [0.1, 0.15) is 5.69 Å². The Labute approximate surface area is 117 Å². The van der Waals surface area contributed by atoms with Crippen molar-refractivity contribution in [3.63, 3.8) is 0 Å². The van der Waals surface area contributed by atoms with E-state index in [1.165, 1.54) is 0 Å². The molecule has 0 spiro atoms. The molecule has 2 aromatic rings. The molecule has 2 atom stereocenters. The van der Waals surface area contributed by atoms with Crippen LogP contribution in [0.25, 0.3) is 11.0 Å². The summed E-state index contributed by atoms with van der Waals surface area (Å²) in [6.45, 7) is 3.72. The molecule has 1 aromatic heterocycles. The molecule has 0 saturated carbocycles. The van der Waals surface area contributed by atoms with Gasteiger partial charge in [-0.05, 0) is 25.5 Å². The Balaban J connectivity index is 2.01. The Kier molecular flexibility index (Phi) is 3.54. The molecule has 1 fully saturated rings. The molecule has 106 valence electrons. The molecule has 0 aliphatic carbocycles. The van der Waals surface area contributed by atoms with Gasteiger partial charge in [-0.3, -0.25) is 4.79 Å². The van der Waals surface area contributed by atoms with Crippen LogP contribution in [0.1, 0.15) is 12.1 Å². The monoisotopic (exact) mass is 273 g/mol. The Bertz CT molecular complexity index is 674. The molecule has 1 saturated heterocycles. The first-order chi connectivity index (χ1) is 9.66. The van der Waals surface area contributed by atoms with Crippen LogP contribution in [0, 0.1) is 12.8 Å². The second kappa shape index (κ2) is 5.34. The van der Waals surface area contributed by atoms with Gasteiger partial charge in [-0.2, -0.15) is 0 Å². The number of nitrogens with zero attached hydrogens (tertiary/aromatic N) is 2. The topological polar surface area (TPSA) is 70.1 Å². The highest BCUT2D eigenvalue weighted by Gasteiger charge is 2.24. The second-order valence-electron chi connectivity index (χ2n) is 5.39. The highest BCUT2D eigenvalue weighted by Crippen LogP contribution is 2.18. The third kappa shape index (κ3) is 2.34. The molecule has 5 nitrogen and oxygen atoms in total. The molecule has 20 heavy (non-hydrogen) atoms. The molecular formula is C15H19N3O2. The van der Waals surface area contributed by atoms with Crippen molar-refractivity contribution < 1.29 is 4.74 Å². The Morgan fingerprint density at radius 1 is 1.50 bits per heavy atom. The molecule has 1 aliphatic heterocycles. The summed E-state index contributed by atoms with van der Waals surface area (Å²) in [7, 11) is 0. The summed E-state index contributed by atoms with van der Waals surface area (Å²) in [4.78, 5) is 16.7. The van der Waals surface area contributed by atoms with Gasteiger partial charge >= 0.3 is 0 Å². The third-order valence-electron chi connectivity index (χ3n) is 3.98. The zero-order valence-electron chi connectivity index (χ0n) is 11.6. The fourth-order valence-electron chi connectivity index (χ4n) is 2.75. The molecule has 1 aliphatic rings. The highest BCUT2D eigenvalue weighted by atomic mass is 16.5. The van der Waals surface area contributed by atoms with E-state index in [0.29, 0.717) is 24.8 Å². The number of fused-ring (bicyclic) bond motifs is 1. The smallest absolute Gasteiger partial charge is 0.272 e. The average molecular weight is 273 g/mol. The van der Waals surface area contributed by atoms with E-state index < -0.39 is 0 Å². The average Bonchev–Trinajstić information content (AvgIpc) is 2.98. The first kappa shape index (κ1) is 13.3. The first-order valence-corrected chi connectivity index (χ1v) is 6.96. The molecule has 2 unspecified atom stereocenters. The minimum atomic E-state index is -0.0691. The van der Waals surface area contributed by atoms with Crippen LogP contribution in [0.2, 0.25) is 0 Å². The maximum Gasteiger partial charge on any atom is 0.272 e. The molecule has 0 radical (unpaired) electrons. The van der Waals surface area contributed by atoms with Crippen molar-refractivity contribution in [1.82, 2.24) is 9.55 Å². The van der Waals surface area contributed by atoms with Crippen LogP contribution >= 0.6 is 0 Å². The summed E-state index contributed by atoms with van der Waals surface area (Å²) in [5.74, 6) is 0.328. The zero-order valence-corrected chi connectivity index (χ0v) is 11.6. The number of hydrogen-bond donors (Lipinski definition) is 1. The minimum absolute atomic E-state index is 0.0573. The molecule has 0 amide bonds. The molecule has 2 heterocycles. The SMILES string of the molecule is Cc1nc2ccccc2n(CC(N)C2CCOC2)c1=O. The normalized spacial score (nSPS) is 20.4. The van der Waals surface area contributed by atoms with Crippen molar-refractivity contribution in [3.8, 4) is 0 Å². The number of rotatable bonds is 3. The van der Waals surface area contributed by atoms with E-state index in [1.807, 2.05) is 24.3 Å². The van der Waals surface area contributed by atoms with Gasteiger partial charge in [-0.25, -0.2) is 4.98 Å². The van der Waals surface area contributed by atoms with E-state index in [2.05, 4.69) is 4.98 Å². The van der Waals surface area contributed by atoms with Crippen LogP contribution < -0.4 is 11.3 Å². The van der Waals surface area contributed by atoms with Crippen LogP contribution in [0.15, 0.2) is 29.1 Å². The van der Waals surface area contributed by atoms with Crippen LogP contribution in [0.5, 0.6) is 0 Å². The Morgan fingerprint density at radius 2 is 2.30 bits per heavy atom. The van der Waals surface area contributed by atoms with E-state index >= 15 is 0 Å². The molecule has 1 aromatic carbocycles. The lowest BCUT2D eigenvalue weighted by atomic mass is 10.00. The van der Waals surface area contributed by atoms with Gasteiger partial charge in [0.25, 0.3) is 5.56 Å². The van der Waals surface area contributed by atoms with E-state index in [1.54, 1.807) is 11.5 Å². The van der Waals surface area contributed by atoms with Crippen molar-refractivity contribution in [2.75, 3.05) is 13.2 Å². The summed E-state index contributed by atoms with van der Waals surface area (Å²) in [5, 5.41) is 0. The van der Waals surface area contributed by atoms with Crippen molar-refractivity contribution >= 4 is 11.0 Å². The summed E-state index contributed by atoms with van der Waals surface area (Å²) in [6.07, 6.45) is 0.970. The fourth-order valence-corrected chi connectivity index (χ4v) is 2.75. The lowest BCUT2D eigenvalue weighted by molar-refractivity contribution is 0.179. The quantitative estimate of drug-likeness (QED) is 0.908. The van der Waals surface area contributed by atoms with Crippen LogP contribution in [-0.2, 0) is 11.3 Å². The minimum Gasteiger partial charge on any atom is -0.381 e. The van der Waals surface area contributed by atoms with Gasteiger partial charge in [0.05, 0.1) is 17.6 Å². The Morgan fingerprint density at radius 3 is 3.05 bits per heavy atom. The molecule has 0 bridgehead atoms. The van der Waals surface area contributed by atoms with Gasteiger partial charge < -0.3 is 15.0 Å². The van der Waals surface area contributed by atoms with Crippen molar-refractivity contribution in [3.05, 3.63) is 40.3 Å². The fraction of sp³-hybridized carbons (Fsp3) is 0.467. The molecule has 5 heteroatoms. The second-order valence-corrected chi connectivity index (χ2v) is 5.39. The van der Waals surface area contributed by atoms with Gasteiger partial charge in [0.15, 0.2) is 0 Å². The van der Waals surface area contributed by atoms with Gasteiger partial charge in [0, 0.05) is 25.1 Å². The predicted octanol–water partition coefficient (Wildman–Crippen LogP) is 1.07. The number of para-hydroxylation sites is 2. The van der Waals surface area contributed by atoms with Crippen molar-refractivity contribution in [2.24, 2.45) is 11.7 Å². The maximum absolute atomic E-state index is 12.3. The van der Waals surface area contributed by atoms with Gasteiger partial charge in [-0.1, -0.05) is 12.1 Å². The van der Waals surface area contributed by atoms with E-state index in [9.17, 15) is 4.79 Å². The Hall–Kier alpha value is -1.72. The molecule has 2 N–H and O–H groups in total. The van der Waals surface area contributed by atoms with Gasteiger partial charge in [0.2, 0.25) is 0 Å². The molecular weight excluding hydrogens is 254 g/mol. The summed E-state index contributed by atoms with van der Waals surface area (Å²) in [5.41, 5.74) is 8.39. The number of ether oxygens (including phenoxy) is 1. The summed E-state index contributed by atoms with van der Waals surface area (Å²) in [6, 6.07) is 7.61. The lowest BCUT2D eigenvalue weighted by Gasteiger charge is -2.20. The van der Waals surface area contributed by atoms with Gasteiger partial charge in [-0.15, -0.1) is 0 Å². The van der Waals surface area contributed by atoms with E-state index in [0.717, 1.165) is 24.1 Å². The summed E-state index contributed by atoms with van der Waals surface area (Å²) < 4.78 is 7.13. The van der Waals surface area contributed by atoms with Crippen LogP contribution in [0.3, 0.4) is 0 Å². The number of nitrogens with two attached hydrogens (primary N) is 1. The van der Waals surface area contributed by atoms with Crippen LogP contribution in [0.4, 0.5) is 0 Å². The predicted molar refractivity (Wildman–Crippen MR) is 77.6 cm³/mol. The van der Waals surface area contributed by atoms with Crippen molar-refractivity contribution in [1.29, 1.82) is 0 Å². The van der Waals surface area contributed by atoms with E-state index in [-0.39, 0.29) is 11.6 Å². The third-order valence-corrected chi connectivity index (χ3v) is 3.98. The first-order valence-electron chi connectivity index (χ1n) is 6.96. The molecule has 3 rings (SSSR count). The number of hydrogen-bond acceptors (Lipinski definition) is 4. The number of aryl methyl sites for hydroxylation is 1. The highest BCUT2D eigenvalue weighted by molar-refractivity contribution is 5.74. The zero-order chi connectivity index (χ0) is 14.1. The number of aromatic nitrogens is 2. The maximum atomic E-state index is 12.3. The van der Waals surface area contributed by atoms with Crippen LogP contribution in [-0.4, -0.2) is 28.8 Å². The standard InChI is InChI=1S/C15H19N3O2/c1-10-15(19)18(8-12(16)11-6-7-20-9-11)14-5-3-2-4-13(14)17-10/h2-5,11-12H,6-9,16H2,1H3. The van der Waals surface area contributed by atoms with Crippen molar-refractivity contribution in [2.45, 2.75) is 25.9 Å². The summed E-state index contributed by atoms with van der Waals surface area (Å²) >= 11 is 0. The van der Waals surface area contributed by atoms with E-state index in [4.69, 9.17) is 10.5 Å².